The van der Waals surface area contributed by atoms with Crippen LogP contribution < -0.4 is 30.9 Å². The summed E-state index contributed by atoms with van der Waals surface area (Å²) in [6.07, 6.45) is 2.42. The number of amides is 2. The molecule has 2 aliphatic heterocycles. The number of ether oxygens (including phenoxy) is 1. The molecule has 1 aromatic heterocycles. The van der Waals surface area contributed by atoms with E-state index >= 15 is 0 Å². The van der Waals surface area contributed by atoms with Crippen molar-refractivity contribution in [3.05, 3.63) is 89.1 Å². The molecular weight excluding hydrogens is 649 g/mol. The number of piperazine rings is 1. The van der Waals surface area contributed by atoms with Crippen LogP contribution in [-0.2, 0) is 20.7 Å². The number of rotatable bonds is 10. The molecule has 0 spiro atoms. The van der Waals surface area contributed by atoms with E-state index in [9.17, 15) is 14.2 Å². The Morgan fingerprint density at radius 1 is 0.979 bits per heavy atom. The highest BCUT2D eigenvalue weighted by atomic mass is 35.5. The molecule has 2 saturated heterocycles. The predicted octanol–water partition coefficient (Wildman–Crippen LogP) is 5.72. The number of benzene rings is 3. The summed E-state index contributed by atoms with van der Waals surface area (Å²) in [5.41, 5.74) is 4.55. The van der Waals surface area contributed by atoms with E-state index in [1.807, 2.05) is 60.7 Å². The molecule has 0 saturated carbocycles. The van der Waals surface area contributed by atoms with E-state index in [1.54, 1.807) is 20.4 Å². The number of imide groups is 1. The third-order valence-electron chi connectivity index (χ3n) is 8.71. The standard InChI is InChI=1S/C35H39ClN7O4P/c1-47-30-20-24(43-18-16-42(17-19-43)22-23-8-4-5-9-25(23)26-13-15-32(44)40-34(26)45)12-14-28(30)39-35-37-21-27(36)33(41-35)38-29-10-6-7-11-31(29)48(2,3)46/h4-12,14,20-21,26H,13,15-19,22H2,1-3H3,(H,40,44,45)(H2,37,38,39,41). The lowest BCUT2D eigenvalue weighted by Crippen LogP contribution is -2.46. The van der Waals surface area contributed by atoms with Gasteiger partial charge in [-0.25, -0.2) is 4.98 Å². The number of nitrogens with one attached hydrogen (secondary N) is 3. The van der Waals surface area contributed by atoms with Gasteiger partial charge in [0.05, 0.1) is 30.6 Å². The fourth-order valence-corrected chi connectivity index (χ4v) is 7.50. The van der Waals surface area contributed by atoms with Gasteiger partial charge in [0.1, 0.15) is 17.9 Å². The monoisotopic (exact) mass is 687 g/mol. The second-order valence-electron chi connectivity index (χ2n) is 12.4. The van der Waals surface area contributed by atoms with E-state index in [2.05, 4.69) is 41.8 Å². The van der Waals surface area contributed by atoms with Gasteiger partial charge in [-0.15, -0.1) is 0 Å². The zero-order valence-electron chi connectivity index (χ0n) is 27.2. The molecule has 3 aromatic carbocycles. The number of methoxy groups -OCH3 is 1. The van der Waals surface area contributed by atoms with Crippen LogP contribution in [0.2, 0.25) is 5.02 Å². The molecule has 0 aliphatic carbocycles. The maximum Gasteiger partial charge on any atom is 0.234 e. The van der Waals surface area contributed by atoms with Gasteiger partial charge in [0.25, 0.3) is 0 Å². The van der Waals surface area contributed by atoms with Crippen molar-refractivity contribution >= 4 is 64.7 Å². The van der Waals surface area contributed by atoms with Crippen molar-refractivity contribution in [1.29, 1.82) is 0 Å². The highest BCUT2D eigenvalue weighted by Crippen LogP contribution is 2.39. The molecule has 0 bridgehead atoms. The first kappa shape index (κ1) is 33.5. The summed E-state index contributed by atoms with van der Waals surface area (Å²) < 4.78 is 18.6. The maximum absolute atomic E-state index is 12.8. The molecule has 11 nitrogen and oxygen atoms in total. The molecule has 2 amide bonds. The summed E-state index contributed by atoms with van der Waals surface area (Å²) in [5.74, 6) is 0.660. The third-order valence-corrected chi connectivity index (χ3v) is 10.5. The minimum absolute atomic E-state index is 0.199. The molecule has 4 aromatic rings. The Labute approximate surface area is 285 Å². The zero-order chi connectivity index (χ0) is 33.8. The number of carbonyl (C=O) groups excluding carboxylic acids is 2. The molecule has 3 N–H and O–H groups in total. The lowest BCUT2D eigenvalue weighted by molar-refractivity contribution is -0.134. The van der Waals surface area contributed by atoms with Crippen molar-refractivity contribution < 1.29 is 18.9 Å². The van der Waals surface area contributed by atoms with Crippen LogP contribution in [0, 0.1) is 0 Å². The van der Waals surface area contributed by atoms with E-state index in [1.165, 1.54) is 6.20 Å². The van der Waals surface area contributed by atoms with Crippen LogP contribution in [-0.4, -0.2) is 73.3 Å². The van der Waals surface area contributed by atoms with Gasteiger partial charge in [-0.05, 0) is 55.1 Å². The lowest BCUT2D eigenvalue weighted by atomic mass is 9.87. The highest BCUT2D eigenvalue weighted by Gasteiger charge is 2.30. The number of hydrogen-bond donors (Lipinski definition) is 3. The Hall–Kier alpha value is -4.44. The van der Waals surface area contributed by atoms with Crippen LogP contribution in [0.15, 0.2) is 72.9 Å². The Morgan fingerprint density at radius 3 is 2.48 bits per heavy atom. The average molecular weight is 688 g/mol. The van der Waals surface area contributed by atoms with Crippen LogP contribution >= 0.6 is 18.7 Å². The molecule has 48 heavy (non-hydrogen) atoms. The van der Waals surface area contributed by atoms with Crippen molar-refractivity contribution in [2.45, 2.75) is 25.3 Å². The van der Waals surface area contributed by atoms with Crippen LogP contribution in [0.3, 0.4) is 0 Å². The highest BCUT2D eigenvalue weighted by molar-refractivity contribution is 7.70. The second kappa shape index (κ2) is 14.4. The lowest BCUT2D eigenvalue weighted by Gasteiger charge is -2.37. The van der Waals surface area contributed by atoms with E-state index in [0.29, 0.717) is 52.1 Å². The van der Waals surface area contributed by atoms with Gasteiger partial charge < -0.3 is 24.8 Å². The number of halogens is 1. The van der Waals surface area contributed by atoms with Gasteiger partial charge in [0, 0.05) is 56.2 Å². The van der Waals surface area contributed by atoms with Crippen LogP contribution in [0.4, 0.5) is 28.8 Å². The number of aromatic nitrogens is 2. The predicted molar refractivity (Wildman–Crippen MR) is 191 cm³/mol. The van der Waals surface area contributed by atoms with Crippen molar-refractivity contribution in [2.24, 2.45) is 0 Å². The molecular formula is C35H39ClN7O4P. The van der Waals surface area contributed by atoms with E-state index < -0.39 is 7.14 Å². The minimum Gasteiger partial charge on any atom is -0.494 e. The number of hydrogen-bond acceptors (Lipinski definition) is 10. The molecule has 2 fully saturated rings. The second-order valence-corrected chi connectivity index (χ2v) is 15.9. The van der Waals surface area contributed by atoms with Gasteiger partial charge in [0.2, 0.25) is 17.8 Å². The van der Waals surface area contributed by atoms with Gasteiger partial charge >= 0.3 is 0 Å². The molecule has 6 rings (SSSR count). The van der Waals surface area contributed by atoms with Crippen molar-refractivity contribution in [1.82, 2.24) is 20.2 Å². The first-order chi connectivity index (χ1) is 23.1. The summed E-state index contributed by atoms with van der Waals surface area (Å²) >= 11 is 6.45. The maximum atomic E-state index is 12.8. The molecule has 2 aliphatic rings. The van der Waals surface area contributed by atoms with Gasteiger partial charge in [-0.1, -0.05) is 48.0 Å². The number of anilines is 5. The largest absolute Gasteiger partial charge is 0.494 e. The van der Waals surface area contributed by atoms with Gasteiger partial charge in [-0.3, -0.25) is 19.8 Å². The fourth-order valence-electron chi connectivity index (χ4n) is 6.21. The van der Waals surface area contributed by atoms with Gasteiger partial charge in [-0.2, -0.15) is 4.98 Å². The third kappa shape index (κ3) is 7.65. The Morgan fingerprint density at radius 2 is 1.73 bits per heavy atom. The van der Waals surface area contributed by atoms with Crippen LogP contribution in [0.1, 0.15) is 29.9 Å². The first-order valence-electron chi connectivity index (χ1n) is 15.9. The van der Waals surface area contributed by atoms with Crippen molar-refractivity contribution in [3.8, 4) is 5.75 Å². The summed E-state index contributed by atoms with van der Waals surface area (Å²) in [4.78, 5) is 37.9. The summed E-state index contributed by atoms with van der Waals surface area (Å²) in [5, 5.41) is 10.0. The summed E-state index contributed by atoms with van der Waals surface area (Å²) in [7, 11) is -0.916. The Kier molecular flexibility index (Phi) is 10.0. The number of para-hydroxylation sites is 1. The van der Waals surface area contributed by atoms with Gasteiger partial charge in [0.15, 0.2) is 5.82 Å². The number of piperidine rings is 1. The molecule has 0 radical (unpaired) electrons. The fraction of sp³-hybridized carbons (Fsp3) is 0.314. The Bertz CT molecular complexity index is 1880. The van der Waals surface area contributed by atoms with Crippen LogP contribution in [0.5, 0.6) is 5.75 Å². The SMILES string of the molecule is COc1cc(N2CCN(Cc3ccccc3C3CCC(=O)NC3=O)CC2)ccc1Nc1ncc(Cl)c(Nc2ccccc2P(C)(C)=O)n1. The Balaban J connectivity index is 1.11. The first-order valence-corrected chi connectivity index (χ1v) is 18.8. The normalized spacial score (nSPS) is 17.2. The molecule has 1 atom stereocenters. The number of carbonyl (C=O) groups is 2. The van der Waals surface area contributed by atoms with E-state index in [0.717, 1.165) is 49.5 Å². The number of nitrogens with zero attached hydrogens (tertiary/aromatic N) is 4. The smallest absolute Gasteiger partial charge is 0.234 e. The quantitative estimate of drug-likeness (QED) is 0.141. The molecule has 1 unspecified atom stereocenters. The zero-order valence-corrected chi connectivity index (χ0v) is 28.9. The van der Waals surface area contributed by atoms with Crippen molar-refractivity contribution in [3.63, 3.8) is 0 Å². The topological polar surface area (TPSA) is 129 Å². The van der Waals surface area contributed by atoms with Crippen molar-refractivity contribution in [2.75, 3.05) is 62.2 Å². The summed E-state index contributed by atoms with van der Waals surface area (Å²) in [6.45, 7) is 7.57. The van der Waals surface area contributed by atoms with Crippen LogP contribution in [0.25, 0.3) is 0 Å². The van der Waals surface area contributed by atoms with E-state index in [-0.39, 0.29) is 17.7 Å². The summed E-state index contributed by atoms with van der Waals surface area (Å²) in [6, 6.07) is 21.5. The molecule has 13 heteroatoms. The van der Waals surface area contributed by atoms with E-state index in [4.69, 9.17) is 16.3 Å². The molecule has 3 heterocycles. The average Bonchev–Trinajstić information content (AvgIpc) is 3.07. The minimum atomic E-state index is -2.54. The molecule has 250 valence electrons.